The van der Waals surface area contributed by atoms with E-state index in [1.807, 2.05) is 0 Å². The maximum atomic E-state index is 13.7. The second kappa shape index (κ2) is 5.90. The summed E-state index contributed by atoms with van der Waals surface area (Å²) in [5.74, 6) is -0.809. The van der Waals surface area contributed by atoms with E-state index in [0.717, 1.165) is 0 Å². The molecule has 0 radical (unpaired) electrons. The molecule has 2 amide bonds. The molecule has 1 fully saturated rings. The molecule has 0 aromatic heterocycles. The standard InChI is InChI=1S/C14H17FN2O3/c1-3-17-13(18)8-11(14(17)19)16-9-5-6-12(20-4-2)10(15)7-9/h5-7,11,16H,3-4,8H2,1-2H3. The Morgan fingerprint density at radius 1 is 1.40 bits per heavy atom. The van der Waals surface area contributed by atoms with Crippen LogP contribution in [0, 0.1) is 5.82 Å². The van der Waals surface area contributed by atoms with Crippen LogP contribution in [0.1, 0.15) is 20.3 Å². The summed E-state index contributed by atoms with van der Waals surface area (Å²) in [6, 6.07) is 3.76. The van der Waals surface area contributed by atoms with E-state index in [1.54, 1.807) is 19.9 Å². The van der Waals surface area contributed by atoms with Crippen LogP contribution >= 0.6 is 0 Å². The topological polar surface area (TPSA) is 58.6 Å². The lowest BCUT2D eigenvalue weighted by molar-refractivity contribution is -0.138. The number of ether oxygens (including phenoxy) is 1. The largest absolute Gasteiger partial charge is 0.491 e. The molecule has 1 heterocycles. The molecular weight excluding hydrogens is 263 g/mol. The van der Waals surface area contributed by atoms with Crippen molar-refractivity contribution >= 4 is 17.5 Å². The number of benzene rings is 1. The van der Waals surface area contributed by atoms with E-state index in [2.05, 4.69) is 5.32 Å². The zero-order chi connectivity index (χ0) is 14.7. The summed E-state index contributed by atoms with van der Waals surface area (Å²) in [6.45, 7) is 4.25. The van der Waals surface area contributed by atoms with Gasteiger partial charge in [-0.3, -0.25) is 14.5 Å². The van der Waals surface area contributed by atoms with Crippen LogP contribution in [0.2, 0.25) is 0 Å². The molecular formula is C14H17FN2O3. The second-order valence-electron chi connectivity index (χ2n) is 4.46. The molecule has 1 aromatic rings. The van der Waals surface area contributed by atoms with E-state index in [9.17, 15) is 14.0 Å². The minimum Gasteiger partial charge on any atom is -0.491 e. The number of imide groups is 1. The van der Waals surface area contributed by atoms with Crippen LogP contribution in [0.15, 0.2) is 18.2 Å². The molecule has 0 aliphatic carbocycles. The number of halogens is 1. The molecule has 6 heteroatoms. The van der Waals surface area contributed by atoms with Crippen molar-refractivity contribution in [2.45, 2.75) is 26.3 Å². The summed E-state index contributed by atoms with van der Waals surface area (Å²) >= 11 is 0. The van der Waals surface area contributed by atoms with E-state index < -0.39 is 11.9 Å². The first-order chi connectivity index (χ1) is 9.56. The lowest BCUT2D eigenvalue weighted by atomic mass is 10.2. The van der Waals surface area contributed by atoms with Crippen molar-refractivity contribution in [3.63, 3.8) is 0 Å². The van der Waals surface area contributed by atoms with Crippen molar-refractivity contribution < 1.29 is 18.7 Å². The predicted octanol–water partition coefficient (Wildman–Crippen LogP) is 1.78. The Bertz CT molecular complexity index is 533. The molecule has 1 N–H and O–H groups in total. The van der Waals surface area contributed by atoms with Crippen molar-refractivity contribution in [3.05, 3.63) is 24.0 Å². The third kappa shape index (κ3) is 2.74. The molecule has 1 aliphatic heterocycles. The average Bonchev–Trinajstić information content (AvgIpc) is 2.67. The van der Waals surface area contributed by atoms with Gasteiger partial charge in [-0.05, 0) is 26.0 Å². The number of likely N-dealkylation sites (tertiary alicyclic amines) is 1. The summed E-state index contributed by atoms with van der Waals surface area (Å²) in [7, 11) is 0. The van der Waals surface area contributed by atoms with Gasteiger partial charge in [0.05, 0.1) is 13.0 Å². The fraction of sp³-hybridized carbons (Fsp3) is 0.429. The Morgan fingerprint density at radius 2 is 2.15 bits per heavy atom. The quantitative estimate of drug-likeness (QED) is 0.835. The molecule has 108 valence electrons. The van der Waals surface area contributed by atoms with Crippen LogP contribution in [0.4, 0.5) is 10.1 Å². The third-order valence-electron chi connectivity index (χ3n) is 3.13. The smallest absolute Gasteiger partial charge is 0.252 e. The van der Waals surface area contributed by atoms with E-state index >= 15 is 0 Å². The van der Waals surface area contributed by atoms with Gasteiger partial charge in [0.15, 0.2) is 11.6 Å². The third-order valence-corrected chi connectivity index (χ3v) is 3.13. The SMILES string of the molecule is CCOc1ccc(NC2CC(=O)N(CC)C2=O)cc1F. The van der Waals surface area contributed by atoms with Gasteiger partial charge < -0.3 is 10.1 Å². The maximum absolute atomic E-state index is 13.7. The number of carbonyl (C=O) groups excluding carboxylic acids is 2. The van der Waals surface area contributed by atoms with Gasteiger partial charge in [-0.2, -0.15) is 0 Å². The van der Waals surface area contributed by atoms with Crippen molar-refractivity contribution in [3.8, 4) is 5.75 Å². The highest BCUT2D eigenvalue weighted by atomic mass is 19.1. The highest BCUT2D eigenvalue weighted by Gasteiger charge is 2.37. The van der Waals surface area contributed by atoms with E-state index in [0.29, 0.717) is 18.8 Å². The molecule has 0 spiro atoms. The molecule has 2 rings (SSSR count). The summed E-state index contributed by atoms with van der Waals surface area (Å²) in [5, 5.41) is 2.89. The number of nitrogens with one attached hydrogen (secondary N) is 1. The molecule has 1 aromatic carbocycles. The number of likely N-dealkylation sites (N-methyl/N-ethyl adjacent to an activating group) is 1. The number of amides is 2. The molecule has 1 aliphatic rings. The van der Waals surface area contributed by atoms with Gasteiger partial charge >= 0.3 is 0 Å². The van der Waals surface area contributed by atoms with Crippen molar-refractivity contribution in [2.75, 3.05) is 18.5 Å². The van der Waals surface area contributed by atoms with E-state index in [1.165, 1.54) is 17.0 Å². The number of hydrogen-bond donors (Lipinski definition) is 1. The Hall–Kier alpha value is -2.11. The van der Waals surface area contributed by atoms with Gasteiger partial charge in [-0.25, -0.2) is 4.39 Å². The number of carbonyl (C=O) groups is 2. The van der Waals surface area contributed by atoms with Crippen molar-refractivity contribution in [1.29, 1.82) is 0 Å². The fourth-order valence-electron chi connectivity index (χ4n) is 2.19. The van der Waals surface area contributed by atoms with Crippen LogP contribution < -0.4 is 10.1 Å². The van der Waals surface area contributed by atoms with Crippen LogP contribution in [0.25, 0.3) is 0 Å². The first-order valence-electron chi connectivity index (χ1n) is 6.59. The summed E-state index contributed by atoms with van der Waals surface area (Å²) in [5.41, 5.74) is 0.454. The minimum atomic E-state index is -0.625. The number of anilines is 1. The fourth-order valence-corrected chi connectivity index (χ4v) is 2.19. The van der Waals surface area contributed by atoms with Crippen LogP contribution in [-0.2, 0) is 9.59 Å². The summed E-state index contributed by atoms with van der Waals surface area (Å²) in [6.07, 6.45) is 0.0987. The first kappa shape index (κ1) is 14.3. The van der Waals surface area contributed by atoms with Gasteiger partial charge in [0.2, 0.25) is 5.91 Å². The zero-order valence-corrected chi connectivity index (χ0v) is 11.5. The average molecular weight is 280 g/mol. The normalized spacial score (nSPS) is 18.6. The Balaban J connectivity index is 2.09. The van der Waals surface area contributed by atoms with E-state index in [-0.39, 0.29) is 24.0 Å². The zero-order valence-electron chi connectivity index (χ0n) is 11.5. The van der Waals surface area contributed by atoms with Crippen LogP contribution in [0.3, 0.4) is 0 Å². The number of hydrogen-bond acceptors (Lipinski definition) is 4. The lowest BCUT2D eigenvalue weighted by Crippen LogP contribution is -2.34. The van der Waals surface area contributed by atoms with E-state index in [4.69, 9.17) is 4.74 Å². The highest BCUT2D eigenvalue weighted by molar-refractivity contribution is 6.06. The molecule has 1 saturated heterocycles. The predicted molar refractivity (Wildman–Crippen MR) is 72.0 cm³/mol. The molecule has 1 atom stereocenters. The Labute approximate surface area is 116 Å². The molecule has 1 unspecified atom stereocenters. The van der Waals surface area contributed by atoms with Crippen molar-refractivity contribution in [1.82, 2.24) is 4.90 Å². The highest BCUT2D eigenvalue weighted by Crippen LogP contribution is 2.23. The summed E-state index contributed by atoms with van der Waals surface area (Å²) in [4.78, 5) is 24.7. The number of nitrogens with zero attached hydrogens (tertiary/aromatic N) is 1. The second-order valence-corrected chi connectivity index (χ2v) is 4.46. The Morgan fingerprint density at radius 3 is 2.70 bits per heavy atom. The number of rotatable bonds is 5. The maximum Gasteiger partial charge on any atom is 0.252 e. The summed E-state index contributed by atoms with van der Waals surface area (Å²) < 4.78 is 18.8. The molecule has 20 heavy (non-hydrogen) atoms. The van der Waals surface area contributed by atoms with Gasteiger partial charge in [-0.1, -0.05) is 0 Å². The van der Waals surface area contributed by atoms with Gasteiger partial charge in [0.25, 0.3) is 5.91 Å². The molecule has 5 nitrogen and oxygen atoms in total. The first-order valence-corrected chi connectivity index (χ1v) is 6.59. The minimum absolute atomic E-state index is 0.0987. The van der Waals surface area contributed by atoms with Gasteiger partial charge in [0.1, 0.15) is 6.04 Å². The van der Waals surface area contributed by atoms with Crippen LogP contribution in [0.5, 0.6) is 5.75 Å². The monoisotopic (exact) mass is 280 g/mol. The van der Waals surface area contributed by atoms with Gasteiger partial charge in [-0.15, -0.1) is 0 Å². The molecule has 0 saturated carbocycles. The molecule has 0 bridgehead atoms. The van der Waals surface area contributed by atoms with Gasteiger partial charge in [0, 0.05) is 18.3 Å². The Kier molecular flexibility index (Phi) is 4.22. The lowest BCUT2D eigenvalue weighted by Gasteiger charge is -2.14. The van der Waals surface area contributed by atoms with Crippen LogP contribution in [-0.4, -0.2) is 35.9 Å². The van der Waals surface area contributed by atoms with Crippen molar-refractivity contribution in [2.24, 2.45) is 0 Å².